The molecule has 5 heteroatoms. The second kappa shape index (κ2) is 7.19. The Kier molecular flexibility index (Phi) is 5.89. The minimum absolute atomic E-state index is 0.0794. The van der Waals surface area contributed by atoms with E-state index in [0.29, 0.717) is 13.1 Å². The molecule has 1 aromatic carbocycles. The highest BCUT2D eigenvalue weighted by atomic mass is 32.2. The first-order chi connectivity index (χ1) is 8.99. The van der Waals surface area contributed by atoms with Gasteiger partial charge in [-0.1, -0.05) is 6.07 Å². The average Bonchev–Trinajstić information content (AvgIpc) is 2.40. The van der Waals surface area contributed by atoms with Gasteiger partial charge in [-0.15, -0.1) is 11.8 Å². The second-order valence-corrected chi connectivity index (χ2v) is 5.52. The van der Waals surface area contributed by atoms with Crippen LogP contribution >= 0.6 is 11.8 Å². The van der Waals surface area contributed by atoms with Crippen LogP contribution in [0.1, 0.15) is 31.1 Å². The van der Waals surface area contributed by atoms with Gasteiger partial charge in [-0.25, -0.2) is 4.79 Å². The molecule has 0 fully saturated rings. The van der Waals surface area contributed by atoms with E-state index in [1.807, 2.05) is 26.8 Å². The molecule has 0 radical (unpaired) electrons. The Hall–Kier alpha value is -1.49. The number of nitrogens with zero attached hydrogens (tertiary/aromatic N) is 1. The topological polar surface area (TPSA) is 57.6 Å². The Morgan fingerprint density at radius 2 is 1.95 bits per heavy atom. The quantitative estimate of drug-likeness (QED) is 0.815. The van der Waals surface area contributed by atoms with Crippen molar-refractivity contribution in [1.29, 1.82) is 0 Å². The van der Waals surface area contributed by atoms with Crippen molar-refractivity contribution < 1.29 is 14.7 Å². The van der Waals surface area contributed by atoms with Crippen LogP contribution < -0.4 is 0 Å². The number of benzene rings is 1. The van der Waals surface area contributed by atoms with Crippen molar-refractivity contribution in [3.05, 3.63) is 29.8 Å². The van der Waals surface area contributed by atoms with Crippen molar-refractivity contribution in [1.82, 2.24) is 4.90 Å². The normalized spacial score (nSPS) is 11.9. The molecule has 104 valence electrons. The summed E-state index contributed by atoms with van der Waals surface area (Å²) >= 11 is 1.39. The predicted octanol–water partition coefficient (Wildman–Crippen LogP) is 2.73. The zero-order valence-electron chi connectivity index (χ0n) is 11.4. The van der Waals surface area contributed by atoms with E-state index < -0.39 is 5.97 Å². The molecule has 1 N–H and O–H groups in total. The van der Waals surface area contributed by atoms with Crippen LogP contribution in [0, 0.1) is 0 Å². The van der Waals surface area contributed by atoms with Gasteiger partial charge in [0.1, 0.15) is 0 Å². The summed E-state index contributed by atoms with van der Waals surface area (Å²) in [6, 6.07) is 6.66. The van der Waals surface area contributed by atoms with Crippen LogP contribution in [0.3, 0.4) is 0 Å². The predicted molar refractivity (Wildman–Crippen MR) is 76.6 cm³/mol. The first-order valence-electron chi connectivity index (χ1n) is 6.28. The molecule has 0 bridgehead atoms. The van der Waals surface area contributed by atoms with Gasteiger partial charge in [-0.05, 0) is 39.0 Å². The number of aromatic carboxylic acids is 1. The molecule has 4 nitrogen and oxygen atoms in total. The Labute approximate surface area is 117 Å². The molecule has 1 rings (SSSR count). The van der Waals surface area contributed by atoms with Crippen molar-refractivity contribution in [2.45, 2.75) is 30.9 Å². The lowest BCUT2D eigenvalue weighted by molar-refractivity contribution is -0.129. The smallest absolute Gasteiger partial charge is 0.335 e. The number of hydrogen-bond donors (Lipinski definition) is 1. The number of rotatable bonds is 6. The molecule has 0 aliphatic carbocycles. The van der Waals surface area contributed by atoms with Gasteiger partial charge in [0.2, 0.25) is 5.91 Å². The van der Waals surface area contributed by atoms with Gasteiger partial charge >= 0.3 is 5.97 Å². The van der Waals surface area contributed by atoms with Gasteiger partial charge in [-0.3, -0.25) is 4.79 Å². The summed E-state index contributed by atoms with van der Waals surface area (Å²) in [6.07, 6.45) is 0. The Bertz CT molecular complexity index is 458. The van der Waals surface area contributed by atoms with Gasteiger partial charge in [0.15, 0.2) is 0 Å². The van der Waals surface area contributed by atoms with Crippen LogP contribution in [0.4, 0.5) is 0 Å². The number of amides is 1. The number of carbonyl (C=O) groups is 2. The molecule has 0 saturated heterocycles. The van der Waals surface area contributed by atoms with Crippen LogP contribution in [0.5, 0.6) is 0 Å². The van der Waals surface area contributed by atoms with Gasteiger partial charge < -0.3 is 10.0 Å². The van der Waals surface area contributed by atoms with Gasteiger partial charge in [0, 0.05) is 18.0 Å². The molecule has 1 unspecified atom stereocenters. The van der Waals surface area contributed by atoms with E-state index in [0.717, 1.165) is 4.90 Å². The SMILES string of the molecule is CCN(CC)C(=O)C(C)Sc1cccc(C(=O)O)c1. The standard InChI is InChI=1S/C14H19NO3S/c1-4-15(5-2)13(16)10(3)19-12-8-6-7-11(9-12)14(17)18/h6-10H,4-5H2,1-3H3,(H,17,18). The van der Waals surface area contributed by atoms with E-state index in [4.69, 9.17) is 5.11 Å². The number of carbonyl (C=O) groups excluding carboxylic acids is 1. The maximum Gasteiger partial charge on any atom is 0.335 e. The van der Waals surface area contributed by atoms with Gasteiger partial charge in [0.05, 0.1) is 10.8 Å². The van der Waals surface area contributed by atoms with Gasteiger partial charge in [0.25, 0.3) is 0 Å². The number of carboxylic acid groups (broad SMARTS) is 1. The van der Waals surface area contributed by atoms with Crippen LogP contribution in [0.15, 0.2) is 29.2 Å². The largest absolute Gasteiger partial charge is 0.478 e. The van der Waals surface area contributed by atoms with Crippen LogP contribution in [-0.4, -0.2) is 40.2 Å². The summed E-state index contributed by atoms with van der Waals surface area (Å²) < 4.78 is 0. The van der Waals surface area contributed by atoms with Gasteiger partial charge in [-0.2, -0.15) is 0 Å². The van der Waals surface area contributed by atoms with E-state index in [-0.39, 0.29) is 16.7 Å². The molecule has 1 atom stereocenters. The number of hydrogen-bond acceptors (Lipinski definition) is 3. The highest BCUT2D eigenvalue weighted by Crippen LogP contribution is 2.25. The minimum Gasteiger partial charge on any atom is -0.478 e. The first-order valence-corrected chi connectivity index (χ1v) is 7.16. The summed E-state index contributed by atoms with van der Waals surface area (Å²) in [5, 5.41) is 8.71. The summed E-state index contributed by atoms with van der Waals surface area (Å²) in [4.78, 5) is 25.6. The third-order valence-electron chi connectivity index (χ3n) is 2.82. The number of thioether (sulfide) groups is 1. The maximum absolute atomic E-state index is 12.1. The van der Waals surface area contributed by atoms with Crippen molar-refractivity contribution in [3.8, 4) is 0 Å². The third kappa shape index (κ3) is 4.28. The second-order valence-electron chi connectivity index (χ2n) is 4.10. The fourth-order valence-corrected chi connectivity index (χ4v) is 2.76. The fourth-order valence-electron chi connectivity index (χ4n) is 1.75. The lowest BCUT2D eigenvalue weighted by atomic mass is 10.2. The molecule has 19 heavy (non-hydrogen) atoms. The van der Waals surface area contributed by atoms with Crippen molar-refractivity contribution in [2.24, 2.45) is 0 Å². The summed E-state index contributed by atoms with van der Waals surface area (Å²) in [6.45, 7) is 7.12. The van der Waals surface area contributed by atoms with Crippen molar-refractivity contribution >= 4 is 23.6 Å². The Morgan fingerprint density at radius 1 is 1.32 bits per heavy atom. The Balaban J connectivity index is 2.76. The van der Waals surface area contributed by atoms with E-state index in [1.165, 1.54) is 11.8 Å². The molecule has 1 aromatic rings. The fraction of sp³-hybridized carbons (Fsp3) is 0.429. The van der Waals surface area contributed by atoms with E-state index in [2.05, 4.69) is 0 Å². The molecule has 0 saturated carbocycles. The number of carboxylic acids is 1. The lowest BCUT2D eigenvalue weighted by Gasteiger charge is -2.22. The zero-order chi connectivity index (χ0) is 14.4. The molecule has 1 amide bonds. The molecule has 0 heterocycles. The van der Waals surface area contributed by atoms with E-state index in [9.17, 15) is 9.59 Å². The van der Waals surface area contributed by atoms with Crippen molar-refractivity contribution in [2.75, 3.05) is 13.1 Å². The highest BCUT2D eigenvalue weighted by molar-refractivity contribution is 8.00. The minimum atomic E-state index is -0.954. The van der Waals surface area contributed by atoms with Crippen molar-refractivity contribution in [3.63, 3.8) is 0 Å². The monoisotopic (exact) mass is 281 g/mol. The molecular weight excluding hydrogens is 262 g/mol. The average molecular weight is 281 g/mol. The lowest BCUT2D eigenvalue weighted by Crippen LogP contribution is -2.36. The molecule has 0 spiro atoms. The maximum atomic E-state index is 12.1. The zero-order valence-corrected chi connectivity index (χ0v) is 12.2. The summed E-state index contributed by atoms with van der Waals surface area (Å²) in [5.41, 5.74) is 0.243. The first kappa shape index (κ1) is 15.6. The third-order valence-corrected chi connectivity index (χ3v) is 3.90. The molecule has 0 aliphatic rings. The van der Waals surface area contributed by atoms with E-state index >= 15 is 0 Å². The van der Waals surface area contributed by atoms with E-state index in [1.54, 1.807) is 23.1 Å². The molecular formula is C14H19NO3S. The van der Waals surface area contributed by atoms with Crippen LogP contribution in [0.2, 0.25) is 0 Å². The summed E-state index contributed by atoms with van der Waals surface area (Å²) in [5.74, 6) is -0.874. The van der Waals surface area contributed by atoms with Crippen LogP contribution in [-0.2, 0) is 4.79 Å². The molecule has 0 aromatic heterocycles. The molecule has 0 aliphatic heterocycles. The Morgan fingerprint density at radius 3 is 2.47 bits per heavy atom. The van der Waals surface area contributed by atoms with Crippen LogP contribution in [0.25, 0.3) is 0 Å². The highest BCUT2D eigenvalue weighted by Gasteiger charge is 2.19. The summed E-state index contributed by atoms with van der Waals surface area (Å²) in [7, 11) is 0.